The minimum Gasteiger partial charge on any atom is -0.382 e. The Labute approximate surface area is 166 Å². The predicted octanol–water partition coefficient (Wildman–Crippen LogP) is 4.24. The highest BCUT2D eigenvalue weighted by atomic mass is 16.5. The molecule has 0 saturated heterocycles. The van der Waals surface area contributed by atoms with E-state index >= 15 is 0 Å². The van der Waals surface area contributed by atoms with Gasteiger partial charge < -0.3 is 19.8 Å². The zero-order valence-electron chi connectivity index (χ0n) is 17.0. The average Bonchev–Trinajstić information content (AvgIpc) is 3.03. The lowest BCUT2D eigenvalue weighted by Gasteiger charge is -2.20. The Morgan fingerprint density at radius 1 is 1.11 bits per heavy atom. The molecule has 6 nitrogen and oxygen atoms in total. The number of imidazole rings is 1. The van der Waals surface area contributed by atoms with Crippen molar-refractivity contribution in [2.45, 2.75) is 59.5 Å². The molecular weight excluding hydrogens is 352 g/mol. The van der Waals surface area contributed by atoms with E-state index in [1.807, 2.05) is 38.1 Å². The molecule has 28 heavy (non-hydrogen) atoms. The third-order valence-electron chi connectivity index (χ3n) is 4.73. The first-order chi connectivity index (χ1) is 13.6. The molecule has 0 amide bonds. The van der Waals surface area contributed by atoms with Crippen molar-refractivity contribution in [3.05, 3.63) is 53.5 Å². The summed E-state index contributed by atoms with van der Waals surface area (Å²) >= 11 is 0. The Morgan fingerprint density at radius 3 is 2.61 bits per heavy atom. The molecule has 0 bridgehead atoms. The van der Waals surface area contributed by atoms with Crippen molar-refractivity contribution in [3.8, 4) is 0 Å². The summed E-state index contributed by atoms with van der Waals surface area (Å²) in [5.74, 6) is 1.32. The maximum Gasteiger partial charge on any atom is 0.151 e. The molecule has 0 saturated carbocycles. The van der Waals surface area contributed by atoms with Crippen molar-refractivity contribution in [2.24, 2.45) is 0 Å². The molecule has 150 valence electrons. The van der Waals surface area contributed by atoms with Gasteiger partial charge in [-0.15, -0.1) is 0 Å². The van der Waals surface area contributed by atoms with Gasteiger partial charge in [0.1, 0.15) is 17.9 Å². The third-order valence-corrected chi connectivity index (χ3v) is 4.73. The lowest BCUT2D eigenvalue weighted by atomic mass is 10.2. The summed E-state index contributed by atoms with van der Waals surface area (Å²) in [6, 6.07) is 12.3. The van der Waals surface area contributed by atoms with E-state index in [1.165, 1.54) is 5.56 Å². The van der Waals surface area contributed by atoms with E-state index in [9.17, 15) is 0 Å². The molecule has 2 aromatic heterocycles. The van der Waals surface area contributed by atoms with E-state index in [0.717, 1.165) is 35.4 Å². The van der Waals surface area contributed by atoms with Crippen molar-refractivity contribution < 1.29 is 9.47 Å². The number of pyridine rings is 1. The number of anilines is 1. The van der Waals surface area contributed by atoms with E-state index in [4.69, 9.17) is 20.2 Å². The molecule has 0 radical (unpaired) electrons. The summed E-state index contributed by atoms with van der Waals surface area (Å²) in [5, 5.41) is 0. The molecule has 6 heteroatoms. The van der Waals surface area contributed by atoms with Crippen LogP contribution in [0.25, 0.3) is 11.0 Å². The van der Waals surface area contributed by atoms with Crippen molar-refractivity contribution >= 4 is 16.9 Å². The first-order valence-electron chi connectivity index (χ1n) is 9.97. The maximum absolute atomic E-state index is 6.27. The second-order valence-electron chi connectivity index (χ2n) is 7.00. The van der Waals surface area contributed by atoms with Gasteiger partial charge in [-0.3, -0.25) is 0 Å². The highest BCUT2D eigenvalue weighted by Gasteiger charge is 2.18. The summed E-state index contributed by atoms with van der Waals surface area (Å²) in [5.41, 5.74) is 9.92. The number of nitrogens with two attached hydrogens (primary N) is 1. The minimum absolute atomic E-state index is 0.0812. The Balaban J connectivity index is 1.87. The van der Waals surface area contributed by atoms with Crippen molar-refractivity contribution in [2.75, 3.05) is 12.3 Å². The number of ether oxygens (including phenoxy) is 2. The fourth-order valence-corrected chi connectivity index (χ4v) is 3.37. The Hall–Kier alpha value is -2.44. The molecular formula is C22H30N4O2. The number of aryl methyl sites for hydroxylation is 1. The quantitative estimate of drug-likeness (QED) is 0.567. The molecule has 0 spiro atoms. The highest BCUT2D eigenvalue weighted by molar-refractivity contribution is 5.85. The molecule has 1 aromatic carbocycles. The van der Waals surface area contributed by atoms with Gasteiger partial charge in [0.15, 0.2) is 5.82 Å². The molecule has 1 atom stereocenters. The summed E-state index contributed by atoms with van der Waals surface area (Å²) in [6.07, 6.45) is 2.10. The van der Waals surface area contributed by atoms with Crippen LogP contribution in [0.1, 0.15) is 43.8 Å². The van der Waals surface area contributed by atoms with Crippen LogP contribution < -0.4 is 5.73 Å². The standard InChI is InChI=1S/C22H30N4O2/c1-4-9-18(28-14-17-10-7-6-8-11-17)13-26-19-12-16(3)24-22(23)21(19)25-20(26)15-27-5-2/h6-8,10-12,18H,4-5,9,13-15H2,1-3H3,(H2,23,24). The summed E-state index contributed by atoms with van der Waals surface area (Å²) < 4.78 is 14.1. The molecule has 0 aliphatic carbocycles. The molecule has 2 heterocycles. The first-order valence-corrected chi connectivity index (χ1v) is 9.97. The largest absolute Gasteiger partial charge is 0.382 e. The second-order valence-corrected chi connectivity index (χ2v) is 7.00. The Kier molecular flexibility index (Phi) is 7.01. The SMILES string of the molecule is CCCC(Cn1c(COCC)nc2c(N)nc(C)cc21)OCc1ccccc1. The molecule has 3 aromatic rings. The van der Waals surface area contributed by atoms with Crippen LogP contribution in [-0.4, -0.2) is 27.2 Å². The number of rotatable bonds is 10. The number of nitrogen functional groups attached to an aromatic ring is 1. The van der Waals surface area contributed by atoms with Crippen LogP contribution in [0.3, 0.4) is 0 Å². The normalized spacial score (nSPS) is 12.5. The molecule has 0 aliphatic rings. The van der Waals surface area contributed by atoms with Gasteiger partial charge in [0, 0.05) is 12.3 Å². The second kappa shape index (κ2) is 9.66. The minimum atomic E-state index is 0.0812. The van der Waals surface area contributed by atoms with Crippen LogP contribution in [0.5, 0.6) is 0 Å². The van der Waals surface area contributed by atoms with Gasteiger partial charge in [0.25, 0.3) is 0 Å². The fraction of sp³-hybridized carbons (Fsp3) is 0.455. The van der Waals surface area contributed by atoms with Gasteiger partial charge >= 0.3 is 0 Å². The number of aromatic nitrogens is 3. The first kappa shape index (κ1) is 20.3. The van der Waals surface area contributed by atoms with Gasteiger partial charge in [-0.1, -0.05) is 43.7 Å². The van der Waals surface area contributed by atoms with E-state index in [0.29, 0.717) is 32.2 Å². The van der Waals surface area contributed by atoms with Crippen LogP contribution in [0.4, 0.5) is 5.82 Å². The van der Waals surface area contributed by atoms with E-state index in [1.54, 1.807) is 0 Å². The number of hydrogen-bond donors (Lipinski definition) is 1. The number of fused-ring (bicyclic) bond motifs is 1. The lowest BCUT2D eigenvalue weighted by molar-refractivity contribution is 0.0222. The molecule has 2 N–H and O–H groups in total. The van der Waals surface area contributed by atoms with Gasteiger partial charge in [-0.2, -0.15) is 0 Å². The number of benzene rings is 1. The monoisotopic (exact) mass is 382 g/mol. The number of nitrogens with zero attached hydrogens (tertiary/aromatic N) is 3. The smallest absolute Gasteiger partial charge is 0.151 e. The van der Waals surface area contributed by atoms with Crippen LogP contribution >= 0.6 is 0 Å². The van der Waals surface area contributed by atoms with Crippen LogP contribution in [-0.2, 0) is 29.2 Å². The van der Waals surface area contributed by atoms with Crippen LogP contribution in [0.2, 0.25) is 0 Å². The van der Waals surface area contributed by atoms with Crippen molar-refractivity contribution in [1.82, 2.24) is 14.5 Å². The van der Waals surface area contributed by atoms with Crippen molar-refractivity contribution in [3.63, 3.8) is 0 Å². The highest BCUT2D eigenvalue weighted by Crippen LogP contribution is 2.24. The third kappa shape index (κ3) is 4.88. The molecule has 3 rings (SSSR count). The summed E-state index contributed by atoms with van der Waals surface area (Å²) in [6.45, 7) is 8.50. The molecule has 0 fully saturated rings. The molecule has 1 unspecified atom stereocenters. The van der Waals surface area contributed by atoms with Gasteiger partial charge in [-0.25, -0.2) is 9.97 Å². The van der Waals surface area contributed by atoms with Crippen molar-refractivity contribution in [1.29, 1.82) is 0 Å². The van der Waals surface area contributed by atoms with Crippen LogP contribution in [0.15, 0.2) is 36.4 Å². The Bertz CT molecular complexity index is 892. The predicted molar refractivity (Wildman–Crippen MR) is 112 cm³/mol. The van der Waals surface area contributed by atoms with Gasteiger partial charge in [-0.05, 0) is 31.9 Å². The van der Waals surface area contributed by atoms with Crippen LogP contribution in [0, 0.1) is 6.92 Å². The Morgan fingerprint density at radius 2 is 1.89 bits per heavy atom. The number of hydrogen-bond acceptors (Lipinski definition) is 5. The maximum atomic E-state index is 6.27. The molecule has 0 aliphatic heterocycles. The summed E-state index contributed by atoms with van der Waals surface area (Å²) in [4.78, 5) is 9.08. The van der Waals surface area contributed by atoms with Gasteiger partial charge in [0.2, 0.25) is 0 Å². The topological polar surface area (TPSA) is 75.2 Å². The van der Waals surface area contributed by atoms with E-state index < -0.39 is 0 Å². The lowest BCUT2D eigenvalue weighted by Crippen LogP contribution is -2.22. The van der Waals surface area contributed by atoms with E-state index in [-0.39, 0.29) is 6.10 Å². The fourth-order valence-electron chi connectivity index (χ4n) is 3.37. The summed E-state index contributed by atoms with van der Waals surface area (Å²) in [7, 11) is 0. The van der Waals surface area contributed by atoms with Gasteiger partial charge in [0.05, 0.1) is 24.8 Å². The van der Waals surface area contributed by atoms with E-state index in [2.05, 4.69) is 28.6 Å². The zero-order valence-corrected chi connectivity index (χ0v) is 17.0. The zero-order chi connectivity index (χ0) is 19.9. The average molecular weight is 383 g/mol.